The quantitative estimate of drug-likeness (QED) is 0.866. The number of hydrogen-bond acceptors (Lipinski definition) is 3. The molecular formula is C16H22N2S2. The Morgan fingerprint density at radius 3 is 2.70 bits per heavy atom. The summed E-state index contributed by atoms with van der Waals surface area (Å²) in [5, 5.41) is 0. The molecule has 0 saturated carbocycles. The Hall–Kier alpha value is -0.580. The predicted molar refractivity (Wildman–Crippen MR) is 91.6 cm³/mol. The van der Waals surface area contributed by atoms with E-state index >= 15 is 0 Å². The molecule has 0 aromatic heterocycles. The Bertz CT molecular complexity index is 507. The third-order valence-electron chi connectivity index (χ3n) is 4.94. The van der Waals surface area contributed by atoms with E-state index in [0.717, 1.165) is 31.8 Å². The van der Waals surface area contributed by atoms with E-state index in [1.54, 1.807) is 5.56 Å². The van der Waals surface area contributed by atoms with Gasteiger partial charge in [0.1, 0.15) is 0 Å². The van der Waals surface area contributed by atoms with Crippen molar-refractivity contribution in [3.63, 3.8) is 0 Å². The van der Waals surface area contributed by atoms with Crippen LogP contribution in [0.5, 0.6) is 0 Å². The molecule has 2 aliphatic rings. The smallest absolute Gasteiger partial charge is 0.0891 e. The minimum absolute atomic E-state index is 0.0450. The van der Waals surface area contributed by atoms with Gasteiger partial charge in [0.25, 0.3) is 0 Å². The first-order chi connectivity index (χ1) is 9.64. The van der Waals surface area contributed by atoms with Crippen molar-refractivity contribution in [1.82, 2.24) is 4.90 Å². The molecule has 1 unspecified atom stereocenters. The van der Waals surface area contributed by atoms with Gasteiger partial charge in [0.2, 0.25) is 0 Å². The van der Waals surface area contributed by atoms with Crippen LogP contribution < -0.4 is 5.73 Å². The van der Waals surface area contributed by atoms with E-state index in [1.807, 2.05) is 11.8 Å². The second-order valence-corrected chi connectivity index (χ2v) is 7.59. The molecule has 108 valence electrons. The molecule has 1 atom stereocenters. The molecule has 3 rings (SSSR count). The molecule has 1 heterocycles. The number of thiocarbonyl (C=S) groups is 1. The van der Waals surface area contributed by atoms with Crippen molar-refractivity contribution < 1.29 is 0 Å². The van der Waals surface area contributed by atoms with E-state index in [-0.39, 0.29) is 4.75 Å². The van der Waals surface area contributed by atoms with E-state index < -0.39 is 0 Å². The molecule has 20 heavy (non-hydrogen) atoms. The van der Waals surface area contributed by atoms with Crippen LogP contribution >= 0.6 is 24.0 Å². The van der Waals surface area contributed by atoms with Crippen molar-refractivity contribution in [2.45, 2.75) is 29.9 Å². The second kappa shape index (κ2) is 5.66. The number of nitrogens with zero attached hydrogens (tertiary/aromatic N) is 1. The molecule has 1 fully saturated rings. The SMILES string of the molecule is CSC1(C(N)=S)CCN(CC2Cc3ccccc32)CC1. The summed E-state index contributed by atoms with van der Waals surface area (Å²) in [6, 6.07) is 8.85. The van der Waals surface area contributed by atoms with Crippen LogP contribution in [0.25, 0.3) is 0 Å². The molecule has 1 aromatic rings. The normalized spacial score (nSPS) is 24.8. The van der Waals surface area contributed by atoms with Crippen LogP contribution in [0.1, 0.15) is 29.9 Å². The van der Waals surface area contributed by atoms with Gasteiger partial charge in [0.05, 0.1) is 9.74 Å². The van der Waals surface area contributed by atoms with Crippen molar-refractivity contribution in [2.24, 2.45) is 5.73 Å². The van der Waals surface area contributed by atoms with E-state index in [0.29, 0.717) is 4.99 Å². The van der Waals surface area contributed by atoms with E-state index in [1.165, 1.54) is 18.5 Å². The topological polar surface area (TPSA) is 29.3 Å². The van der Waals surface area contributed by atoms with Crippen LogP contribution in [0.15, 0.2) is 24.3 Å². The highest BCUT2D eigenvalue weighted by Crippen LogP contribution is 2.38. The third kappa shape index (κ3) is 2.49. The lowest BCUT2D eigenvalue weighted by Crippen LogP contribution is -2.50. The van der Waals surface area contributed by atoms with E-state index in [9.17, 15) is 0 Å². The maximum absolute atomic E-state index is 5.95. The van der Waals surface area contributed by atoms with Crippen LogP contribution in [0, 0.1) is 0 Å². The highest BCUT2D eigenvalue weighted by Gasteiger charge is 2.37. The van der Waals surface area contributed by atoms with Gasteiger partial charge in [-0.15, -0.1) is 0 Å². The summed E-state index contributed by atoms with van der Waals surface area (Å²) in [5.74, 6) is 0.734. The first-order valence-electron chi connectivity index (χ1n) is 7.30. The summed E-state index contributed by atoms with van der Waals surface area (Å²) in [5.41, 5.74) is 9.05. The molecule has 0 bridgehead atoms. The minimum atomic E-state index is 0.0450. The molecule has 1 aromatic carbocycles. The van der Waals surface area contributed by atoms with Crippen molar-refractivity contribution in [3.05, 3.63) is 35.4 Å². The fourth-order valence-electron chi connectivity index (χ4n) is 3.49. The molecule has 0 radical (unpaired) electrons. The van der Waals surface area contributed by atoms with Gasteiger partial charge in [-0.3, -0.25) is 0 Å². The monoisotopic (exact) mass is 306 g/mol. The summed E-state index contributed by atoms with van der Waals surface area (Å²) in [6.45, 7) is 3.44. The fraction of sp³-hybridized carbons (Fsp3) is 0.562. The summed E-state index contributed by atoms with van der Waals surface area (Å²) < 4.78 is 0.0450. The van der Waals surface area contributed by atoms with Crippen molar-refractivity contribution in [1.29, 1.82) is 0 Å². The van der Waals surface area contributed by atoms with Crippen molar-refractivity contribution in [3.8, 4) is 0 Å². The molecule has 1 saturated heterocycles. The van der Waals surface area contributed by atoms with Crippen molar-refractivity contribution >= 4 is 29.0 Å². The van der Waals surface area contributed by atoms with Crippen LogP contribution in [0.3, 0.4) is 0 Å². The number of likely N-dealkylation sites (tertiary alicyclic amines) is 1. The summed E-state index contributed by atoms with van der Waals surface area (Å²) in [6.07, 6.45) is 5.57. The Kier molecular flexibility index (Phi) is 4.07. The molecule has 0 spiro atoms. The van der Waals surface area contributed by atoms with Gasteiger partial charge in [-0.1, -0.05) is 36.5 Å². The average molecular weight is 307 g/mol. The van der Waals surface area contributed by atoms with E-state index in [2.05, 4.69) is 35.4 Å². The number of nitrogens with two attached hydrogens (primary N) is 1. The molecule has 1 aliphatic heterocycles. The predicted octanol–water partition coefficient (Wildman–Crippen LogP) is 2.81. The molecule has 4 heteroatoms. The third-order valence-corrected chi connectivity index (χ3v) is 6.87. The van der Waals surface area contributed by atoms with Gasteiger partial charge in [-0.2, -0.15) is 11.8 Å². The number of rotatable bonds is 4. The number of hydrogen-bond donors (Lipinski definition) is 1. The Morgan fingerprint density at radius 2 is 2.10 bits per heavy atom. The van der Waals surface area contributed by atoms with Crippen LogP contribution in [-0.4, -0.2) is 40.5 Å². The highest BCUT2D eigenvalue weighted by atomic mass is 32.2. The Labute approximate surface area is 131 Å². The Balaban J connectivity index is 1.57. The van der Waals surface area contributed by atoms with Crippen molar-refractivity contribution in [2.75, 3.05) is 25.9 Å². The number of benzene rings is 1. The van der Waals surface area contributed by atoms with Crippen LogP contribution in [0.2, 0.25) is 0 Å². The Morgan fingerprint density at radius 1 is 1.40 bits per heavy atom. The minimum Gasteiger partial charge on any atom is -0.392 e. The lowest BCUT2D eigenvalue weighted by molar-refractivity contribution is 0.202. The molecular weight excluding hydrogens is 284 g/mol. The molecule has 1 aliphatic carbocycles. The lowest BCUT2D eigenvalue weighted by Gasteiger charge is -2.42. The first-order valence-corrected chi connectivity index (χ1v) is 8.93. The highest BCUT2D eigenvalue weighted by molar-refractivity contribution is 8.02. The molecule has 0 amide bonds. The molecule has 2 N–H and O–H groups in total. The van der Waals surface area contributed by atoms with E-state index in [4.69, 9.17) is 18.0 Å². The van der Waals surface area contributed by atoms with Gasteiger partial charge in [-0.25, -0.2) is 0 Å². The largest absolute Gasteiger partial charge is 0.392 e. The van der Waals surface area contributed by atoms with Crippen LogP contribution in [-0.2, 0) is 6.42 Å². The first kappa shape index (κ1) is 14.4. The van der Waals surface area contributed by atoms with Gasteiger partial charge >= 0.3 is 0 Å². The van der Waals surface area contributed by atoms with Gasteiger partial charge in [-0.05, 0) is 49.7 Å². The lowest BCUT2D eigenvalue weighted by atomic mass is 9.77. The number of fused-ring (bicyclic) bond motifs is 1. The fourth-order valence-corrected chi connectivity index (χ4v) is 4.73. The van der Waals surface area contributed by atoms with Gasteiger partial charge in [0.15, 0.2) is 0 Å². The molecule has 2 nitrogen and oxygen atoms in total. The number of piperidine rings is 1. The zero-order valence-corrected chi connectivity index (χ0v) is 13.6. The standard InChI is InChI=1S/C16H22N2S2/c1-20-16(15(17)19)6-8-18(9-7-16)11-13-10-12-4-2-3-5-14(12)13/h2-5,13H,6-11H2,1H3,(H2,17,19). The number of thioether (sulfide) groups is 1. The maximum atomic E-state index is 5.95. The maximum Gasteiger partial charge on any atom is 0.0891 e. The van der Waals surface area contributed by atoms with Crippen LogP contribution in [0.4, 0.5) is 0 Å². The van der Waals surface area contributed by atoms with Gasteiger partial charge in [0, 0.05) is 12.5 Å². The summed E-state index contributed by atoms with van der Waals surface area (Å²) in [7, 11) is 0. The zero-order valence-electron chi connectivity index (χ0n) is 12.0. The zero-order chi connectivity index (χ0) is 14.2. The summed E-state index contributed by atoms with van der Waals surface area (Å²) >= 11 is 7.12. The van der Waals surface area contributed by atoms with Gasteiger partial charge < -0.3 is 10.6 Å². The average Bonchev–Trinajstić information content (AvgIpc) is 2.45. The summed E-state index contributed by atoms with van der Waals surface area (Å²) in [4.78, 5) is 3.28. The second-order valence-electron chi connectivity index (χ2n) is 5.96.